The number of anilines is 1. The number of rotatable bonds is 3. The number of nitrogens with two attached hydrogens (primary N) is 1. The first-order chi connectivity index (χ1) is 7.59. The highest BCUT2D eigenvalue weighted by Crippen LogP contribution is 2.14. The molecule has 0 saturated heterocycles. The van der Waals surface area contributed by atoms with Crippen LogP contribution in [0.1, 0.15) is 0 Å². The monoisotopic (exact) mass is 223 g/mol. The van der Waals surface area contributed by atoms with Gasteiger partial charge in [-0.15, -0.1) is 0 Å². The number of hydrogen-bond acceptors (Lipinski definition) is 6. The third kappa shape index (κ3) is 1.65. The van der Waals surface area contributed by atoms with Crippen LogP contribution < -0.4 is 5.73 Å². The molecule has 0 amide bonds. The minimum absolute atomic E-state index is 0.137. The number of carboxylic acids is 1. The van der Waals surface area contributed by atoms with E-state index in [4.69, 9.17) is 10.8 Å². The Morgan fingerprint density at radius 2 is 2.25 bits per heavy atom. The van der Waals surface area contributed by atoms with Crippen molar-refractivity contribution in [1.29, 1.82) is 0 Å². The van der Waals surface area contributed by atoms with Crippen LogP contribution in [0.3, 0.4) is 0 Å². The molecule has 2 heterocycles. The Bertz CT molecular complexity index is 537. The Hall–Kier alpha value is -2.22. The lowest BCUT2D eigenvalue weighted by molar-refractivity contribution is -0.147. The van der Waals surface area contributed by atoms with Gasteiger partial charge in [-0.1, -0.05) is 0 Å². The van der Waals surface area contributed by atoms with E-state index < -0.39 is 12.1 Å². The van der Waals surface area contributed by atoms with Crippen LogP contribution in [0.15, 0.2) is 12.7 Å². The zero-order valence-corrected chi connectivity index (χ0v) is 8.11. The van der Waals surface area contributed by atoms with Crippen molar-refractivity contribution in [3.05, 3.63) is 12.7 Å². The molecule has 2 rings (SSSR count). The van der Waals surface area contributed by atoms with E-state index in [-0.39, 0.29) is 12.4 Å². The van der Waals surface area contributed by atoms with Crippen LogP contribution >= 0.6 is 0 Å². The molecule has 0 aliphatic heterocycles. The molecule has 0 spiro atoms. The maximum atomic E-state index is 10.5. The molecule has 16 heavy (non-hydrogen) atoms. The quantitative estimate of drug-likeness (QED) is 0.599. The van der Waals surface area contributed by atoms with E-state index in [9.17, 15) is 9.90 Å². The second-order valence-corrected chi connectivity index (χ2v) is 3.18. The summed E-state index contributed by atoms with van der Waals surface area (Å²) in [6.07, 6.45) is 1.11. The largest absolute Gasteiger partial charge is 0.479 e. The number of hydrogen-bond donors (Lipinski definition) is 3. The standard InChI is InChI=1S/C8H9N5O3/c9-6-5-7(11-2-10-6)13(3-12-5)1-4(14)8(15)16/h2-4,14H,1H2,(H,15,16)(H2,9,10,11)/t4-/m0/s1. The SMILES string of the molecule is Nc1ncnc2c1ncn2C[C@H](O)C(=O)O. The van der Waals surface area contributed by atoms with Gasteiger partial charge in [-0.05, 0) is 0 Å². The Balaban J connectivity index is 2.39. The molecule has 84 valence electrons. The fourth-order valence-corrected chi connectivity index (χ4v) is 1.30. The van der Waals surface area contributed by atoms with Gasteiger partial charge >= 0.3 is 5.97 Å². The molecular weight excluding hydrogens is 214 g/mol. The predicted octanol–water partition coefficient (Wildman–Crippen LogP) is -1.15. The topological polar surface area (TPSA) is 127 Å². The Labute approximate surface area is 89.4 Å². The molecular formula is C8H9N5O3. The summed E-state index contributed by atoms with van der Waals surface area (Å²) in [6, 6.07) is 0. The van der Waals surface area contributed by atoms with Gasteiger partial charge in [0, 0.05) is 0 Å². The van der Waals surface area contributed by atoms with E-state index in [1.807, 2.05) is 0 Å². The summed E-state index contributed by atoms with van der Waals surface area (Å²) >= 11 is 0. The molecule has 0 fully saturated rings. The van der Waals surface area contributed by atoms with Crippen molar-refractivity contribution in [2.75, 3.05) is 5.73 Å². The molecule has 2 aromatic rings. The first kappa shape index (κ1) is 10.3. The Morgan fingerprint density at radius 1 is 1.50 bits per heavy atom. The van der Waals surface area contributed by atoms with Crippen molar-refractivity contribution in [2.24, 2.45) is 0 Å². The molecule has 0 unspecified atom stereocenters. The van der Waals surface area contributed by atoms with Crippen molar-refractivity contribution in [2.45, 2.75) is 12.6 Å². The Kier molecular flexibility index (Phi) is 2.41. The number of aliphatic carboxylic acids is 1. The third-order valence-electron chi connectivity index (χ3n) is 2.08. The first-order valence-electron chi connectivity index (χ1n) is 4.41. The van der Waals surface area contributed by atoms with Crippen LogP contribution in [-0.4, -0.2) is 41.8 Å². The van der Waals surface area contributed by atoms with Gasteiger partial charge in [0.15, 0.2) is 17.6 Å². The fourth-order valence-electron chi connectivity index (χ4n) is 1.30. The molecule has 8 heteroatoms. The average Bonchev–Trinajstić information content (AvgIpc) is 2.63. The zero-order chi connectivity index (χ0) is 11.7. The minimum atomic E-state index is -1.51. The van der Waals surface area contributed by atoms with Crippen LogP contribution in [0.4, 0.5) is 5.82 Å². The molecule has 0 aliphatic carbocycles. The molecule has 8 nitrogen and oxygen atoms in total. The first-order valence-corrected chi connectivity index (χ1v) is 4.41. The van der Waals surface area contributed by atoms with Crippen molar-refractivity contribution in [3.63, 3.8) is 0 Å². The van der Waals surface area contributed by atoms with Crippen molar-refractivity contribution < 1.29 is 15.0 Å². The summed E-state index contributed by atoms with van der Waals surface area (Å²) in [5.74, 6) is -1.09. The van der Waals surface area contributed by atoms with Crippen LogP contribution in [0.5, 0.6) is 0 Å². The highest BCUT2D eigenvalue weighted by Gasteiger charge is 2.16. The molecule has 2 aromatic heterocycles. The molecule has 0 aliphatic rings. The molecule has 0 aromatic carbocycles. The lowest BCUT2D eigenvalue weighted by atomic mass is 10.3. The maximum Gasteiger partial charge on any atom is 0.334 e. The van der Waals surface area contributed by atoms with Crippen molar-refractivity contribution in [3.8, 4) is 0 Å². The zero-order valence-electron chi connectivity index (χ0n) is 8.11. The van der Waals surface area contributed by atoms with Crippen LogP contribution in [0.2, 0.25) is 0 Å². The van der Waals surface area contributed by atoms with Gasteiger partial charge in [-0.25, -0.2) is 19.7 Å². The summed E-state index contributed by atoms with van der Waals surface area (Å²) in [5, 5.41) is 17.8. The van der Waals surface area contributed by atoms with Gasteiger partial charge in [0.05, 0.1) is 12.9 Å². The Morgan fingerprint density at radius 3 is 2.94 bits per heavy atom. The van der Waals surface area contributed by atoms with Gasteiger partial charge in [0.1, 0.15) is 11.8 Å². The summed E-state index contributed by atoms with van der Waals surface area (Å²) in [5.41, 5.74) is 6.34. The molecule has 1 atom stereocenters. The lowest BCUT2D eigenvalue weighted by Crippen LogP contribution is -2.25. The van der Waals surface area contributed by atoms with E-state index in [2.05, 4.69) is 15.0 Å². The average molecular weight is 223 g/mol. The summed E-state index contributed by atoms with van der Waals surface area (Å²) in [7, 11) is 0. The van der Waals surface area contributed by atoms with Gasteiger partial charge in [-0.2, -0.15) is 0 Å². The van der Waals surface area contributed by atoms with E-state index in [0.717, 1.165) is 0 Å². The number of nitrogen functional groups attached to an aromatic ring is 1. The van der Waals surface area contributed by atoms with Gasteiger partial charge in [0.2, 0.25) is 0 Å². The summed E-state index contributed by atoms with van der Waals surface area (Å²) in [6.45, 7) is -0.137. The smallest absolute Gasteiger partial charge is 0.334 e. The summed E-state index contributed by atoms with van der Waals surface area (Å²) in [4.78, 5) is 22.1. The van der Waals surface area contributed by atoms with Gasteiger partial charge in [-0.3, -0.25) is 0 Å². The van der Waals surface area contributed by atoms with Gasteiger partial charge < -0.3 is 20.5 Å². The van der Waals surface area contributed by atoms with E-state index in [1.54, 1.807) is 0 Å². The maximum absolute atomic E-state index is 10.5. The van der Waals surface area contributed by atoms with Crippen LogP contribution in [0.25, 0.3) is 11.2 Å². The number of fused-ring (bicyclic) bond motifs is 1. The number of nitrogens with zero attached hydrogens (tertiary/aromatic N) is 4. The second-order valence-electron chi connectivity index (χ2n) is 3.18. The van der Waals surface area contributed by atoms with Crippen LogP contribution in [0, 0.1) is 0 Å². The van der Waals surface area contributed by atoms with E-state index >= 15 is 0 Å². The number of imidazole rings is 1. The lowest BCUT2D eigenvalue weighted by Gasteiger charge is -2.06. The number of aliphatic hydroxyl groups excluding tert-OH is 1. The van der Waals surface area contributed by atoms with Crippen molar-refractivity contribution >= 4 is 23.0 Å². The number of carbonyl (C=O) groups is 1. The highest BCUT2D eigenvalue weighted by molar-refractivity contribution is 5.81. The number of carboxylic acid groups (broad SMARTS) is 1. The van der Waals surface area contributed by atoms with E-state index in [1.165, 1.54) is 17.2 Å². The molecule has 0 saturated carbocycles. The molecule has 0 radical (unpaired) electrons. The van der Waals surface area contributed by atoms with Crippen LogP contribution in [-0.2, 0) is 11.3 Å². The second kappa shape index (κ2) is 3.74. The molecule has 4 N–H and O–H groups in total. The minimum Gasteiger partial charge on any atom is -0.479 e. The molecule has 0 bridgehead atoms. The third-order valence-corrected chi connectivity index (χ3v) is 2.08. The summed E-state index contributed by atoms with van der Waals surface area (Å²) < 4.78 is 1.41. The predicted molar refractivity (Wildman–Crippen MR) is 53.4 cm³/mol. The normalized spacial score (nSPS) is 12.8. The van der Waals surface area contributed by atoms with E-state index in [0.29, 0.717) is 11.2 Å². The fraction of sp³-hybridized carbons (Fsp3) is 0.250. The van der Waals surface area contributed by atoms with Crippen molar-refractivity contribution in [1.82, 2.24) is 19.5 Å². The number of aliphatic hydroxyl groups is 1. The highest BCUT2D eigenvalue weighted by atomic mass is 16.4. The number of aromatic nitrogens is 4. The van der Waals surface area contributed by atoms with Gasteiger partial charge in [0.25, 0.3) is 0 Å².